The molecule has 2 amide bonds. The predicted octanol–water partition coefficient (Wildman–Crippen LogP) is 11.8. The molecule has 2 heterocycles. The molecule has 12 nitrogen and oxygen atoms in total. The zero-order valence-corrected chi connectivity index (χ0v) is 42.8. The van der Waals surface area contributed by atoms with Gasteiger partial charge in [0.05, 0.1) is 12.1 Å². The Morgan fingerprint density at radius 3 is 1.29 bits per heavy atom. The molecule has 2 rings (SSSR count). The van der Waals surface area contributed by atoms with Gasteiger partial charge in [0.15, 0.2) is 0 Å². The zero-order chi connectivity index (χ0) is 48.4. The van der Waals surface area contributed by atoms with Crippen LogP contribution in [0.5, 0.6) is 0 Å². The Labute approximate surface area is 377 Å². The summed E-state index contributed by atoms with van der Waals surface area (Å²) in [5, 5.41) is 33.3. The number of carbonyl (C=O) groups excluding carboxylic acids is 4. The van der Waals surface area contributed by atoms with E-state index < -0.39 is 45.5 Å². The molecule has 2 N–H and O–H groups in total. The molecule has 0 spiro atoms. The molecule has 0 aromatic rings. The van der Waals surface area contributed by atoms with Crippen molar-refractivity contribution in [2.24, 2.45) is 29.1 Å². The Kier molecular flexibility index (Phi) is 20.7. The lowest BCUT2D eigenvalue weighted by Crippen LogP contribution is -2.58. The van der Waals surface area contributed by atoms with Crippen molar-refractivity contribution in [1.82, 2.24) is 20.8 Å². The van der Waals surface area contributed by atoms with Crippen LogP contribution in [-0.4, -0.2) is 79.3 Å². The number of hydroxylamine groups is 4. The molecule has 62 heavy (non-hydrogen) atoms. The van der Waals surface area contributed by atoms with E-state index >= 15 is 0 Å². The van der Waals surface area contributed by atoms with Gasteiger partial charge < -0.3 is 40.6 Å². The molecular formula is C50H90N4O8-2. The third kappa shape index (κ3) is 20.8. The number of alkyl carbamates (subject to hydrolysis) is 2. The number of carbonyl (C=O) groups is 4. The molecule has 2 aliphatic heterocycles. The normalized spacial score (nSPS) is 21.0. The number of piperidine rings is 2. The van der Waals surface area contributed by atoms with E-state index in [9.17, 15) is 29.6 Å². The molecule has 0 aromatic carbocycles. The number of ketones is 2. The first-order chi connectivity index (χ1) is 27.8. The summed E-state index contributed by atoms with van der Waals surface area (Å²) in [5.74, 6) is 1.03. The number of nitrogens with zero attached hydrogens (tertiary/aromatic N) is 2. The molecule has 2 atom stereocenters. The van der Waals surface area contributed by atoms with E-state index in [-0.39, 0.29) is 40.9 Å². The van der Waals surface area contributed by atoms with Gasteiger partial charge in [-0.05, 0) is 159 Å². The van der Waals surface area contributed by atoms with Crippen LogP contribution in [0, 0.1) is 39.5 Å². The smallest absolute Gasteiger partial charge is 0.408 e. The predicted molar refractivity (Wildman–Crippen MR) is 253 cm³/mol. The highest BCUT2D eigenvalue weighted by atomic mass is 16.6. The molecule has 2 aliphatic rings. The van der Waals surface area contributed by atoms with Crippen LogP contribution in [0.1, 0.15) is 196 Å². The third-order valence-corrected chi connectivity index (χ3v) is 11.3. The van der Waals surface area contributed by atoms with Crippen LogP contribution in [0.4, 0.5) is 9.59 Å². The van der Waals surface area contributed by atoms with E-state index in [1.54, 1.807) is 0 Å². The summed E-state index contributed by atoms with van der Waals surface area (Å²) in [5.41, 5.74) is -3.61. The summed E-state index contributed by atoms with van der Waals surface area (Å²) < 4.78 is 10.8. The van der Waals surface area contributed by atoms with Gasteiger partial charge in [0.1, 0.15) is 22.8 Å². The van der Waals surface area contributed by atoms with Gasteiger partial charge in [0.25, 0.3) is 0 Å². The van der Waals surface area contributed by atoms with Crippen molar-refractivity contribution in [3.8, 4) is 0 Å². The Bertz CT molecular complexity index is 1490. The van der Waals surface area contributed by atoms with Gasteiger partial charge in [-0.1, -0.05) is 65.8 Å². The Hall–Kier alpha value is -2.80. The maximum absolute atomic E-state index is 13.2. The van der Waals surface area contributed by atoms with E-state index in [1.807, 2.05) is 135 Å². The number of amides is 2. The largest absolute Gasteiger partial charge is 0.784 e. The average molecular weight is 875 g/mol. The number of rotatable bonds is 16. The van der Waals surface area contributed by atoms with Crippen LogP contribution in [0.3, 0.4) is 0 Å². The second-order valence-corrected chi connectivity index (χ2v) is 24.2. The van der Waals surface area contributed by atoms with E-state index in [4.69, 9.17) is 9.47 Å². The topological polar surface area (TPSA) is 163 Å². The van der Waals surface area contributed by atoms with Gasteiger partial charge in [0.2, 0.25) is 0 Å². The minimum absolute atomic E-state index is 0.0834. The first-order valence-corrected chi connectivity index (χ1v) is 23.1. The number of allylic oxidation sites excluding steroid dienone is 2. The van der Waals surface area contributed by atoms with Crippen molar-refractivity contribution >= 4 is 23.8 Å². The molecule has 2 saturated heterocycles. The molecular weight excluding hydrogens is 785 g/mol. The fraction of sp³-hybridized carbons (Fsp3) is 0.840. The van der Waals surface area contributed by atoms with Crippen LogP contribution >= 0.6 is 0 Å². The molecule has 0 radical (unpaired) electrons. The SMILES string of the molecule is CC(C)C[C@@H](/C=C/C(C)(C)CC(=O)C1CC(C)(C)N([O-])C(C)(C)C1)NC(=O)OC(C)(C)C.CC(C)C[C@@H](/C=C/CCC(=O)C1CC(C)(C)N([O-])C(C)(C)C1)NC(=O)OC(C)(C)C. The summed E-state index contributed by atoms with van der Waals surface area (Å²) in [4.78, 5) is 50.4. The van der Waals surface area contributed by atoms with Crippen LogP contribution in [0.2, 0.25) is 0 Å². The first kappa shape index (κ1) is 57.2. The van der Waals surface area contributed by atoms with E-state index in [0.29, 0.717) is 56.8 Å². The number of hydrogen-bond acceptors (Lipinski definition) is 10. The van der Waals surface area contributed by atoms with Crippen molar-refractivity contribution in [3.05, 3.63) is 34.7 Å². The van der Waals surface area contributed by atoms with Crippen molar-refractivity contribution in [3.63, 3.8) is 0 Å². The molecule has 0 unspecified atom stereocenters. The van der Waals surface area contributed by atoms with Crippen molar-refractivity contribution in [1.29, 1.82) is 0 Å². The van der Waals surface area contributed by atoms with E-state index in [0.717, 1.165) is 23.0 Å². The van der Waals surface area contributed by atoms with Gasteiger partial charge in [-0.25, -0.2) is 9.59 Å². The lowest BCUT2D eigenvalue weighted by molar-refractivity contribution is -0.130. The quantitative estimate of drug-likeness (QED) is 0.143. The number of ether oxygens (including phenoxy) is 2. The molecule has 0 aromatic heterocycles. The molecule has 360 valence electrons. The Morgan fingerprint density at radius 2 is 0.952 bits per heavy atom. The number of Topliss-reactive ketones (excluding diaryl/α,β-unsaturated/α-hetero) is 2. The highest BCUT2D eigenvalue weighted by molar-refractivity contribution is 5.82. The van der Waals surface area contributed by atoms with E-state index in [1.165, 1.54) is 0 Å². The Balaban J connectivity index is 0.000000621. The summed E-state index contributed by atoms with van der Waals surface area (Å²) in [6, 6.07) is -0.294. The van der Waals surface area contributed by atoms with Gasteiger partial charge in [-0.3, -0.25) is 9.59 Å². The van der Waals surface area contributed by atoms with Crippen LogP contribution < -0.4 is 10.6 Å². The fourth-order valence-corrected chi connectivity index (χ4v) is 9.01. The summed E-state index contributed by atoms with van der Waals surface area (Å²) in [6.07, 6.45) is 12.5. The van der Waals surface area contributed by atoms with Gasteiger partial charge in [0, 0.05) is 46.8 Å². The van der Waals surface area contributed by atoms with Gasteiger partial charge in [-0.2, -0.15) is 0 Å². The fourth-order valence-electron chi connectivity index (χ4n) is 9.01. The second-order valence-electron chi connectivity index (χ2n) is 24.2. The second kappa shape index (κ2) is 22.4. The lowest BCUT2D eigenvalue weighted by atomic mass is 9.71. The monoisotopic (exact) mass is 875 g/mol. The van der Waals surface area contributed by atoms with Gasteiger partial charge in [-0.15, -0.1) is 0 Å². The highest BCUT2D eigenvalue weighted by Gasteiger charge is 2.44. The van der Waals surface area contributed by atoms with Crippen LogP contribution in [0.15, 0.2) is 24.3 Å². The molecule has 0 aliphatic carbocycles. The van der Waals surface area contributed by atoms with E-state index in [2.05, 4.69) is 38.3 Å². The minimum atomic E-state index is -0.554. The van der Waals surface area contributed by atoms with Crippen LogP contribution in [0.25, 0.3) is 0 Å². The molecule has 2 fully saturated rings. The third-order valence-electron chi connectivity index (χ3n) is 11.3. The molecule has 0 saturated carbocycles. The lowest BCUT2D eigenvalue weighted by Gasteiger charge is -2.59. The summed E-state index contributed by atoms with van der Waals surface area (Å²) >= 11 is 0. The van der Waals surface area contributed by atoms with Crippen LogP contribution in [-0.2, 0) is 19.1 Å². The van der Waals surface area contributed by atoms with Crippen molar-refractivity contribution in [2.45, 2.75) is 242 Å². The van der Waals surface area contributed by atoms with Crippen molar-refractivity contribution in [2.75, 3.05) is 0 Å². The summed E-state index contributed by atoms with van der Waals surface area (Å²) in [7, 11) is 0. The molecule has 0 bridgehead atoms. The first-order valence-electron chi connectivity index (χ1n) is 23.1. The molecule has 12 heteroatoms. The maximum atomic E-state index is 13.2. The summed E-state index contributed by atoms with van der Waals surface area (Å²) in [6.45, 7) is 38.9. The average Bonchev–Trinajstić information content (AvgIpc) is 3.04. The zero-order valence-electron chi connectivity index (χ0n) is 42.8. The van der Waals surface area contributed by atoms with Crippen molar-refractivity contribution < 1.29 is 28.7 Å². The Morgan fingerprint density at radius 1 is 0.613 bits per heavy atom. The van der Waals surface area contributed by atoms with Gasteiger partial charge >= 0.3 is 12.2 Å². The highest BCUT2D eigenvalue weighted by Crippen LogP contribution is 2.43. The number of hydrogen-bond donors (Lipinski definition) is 2. The minimum Gasteiger partial charge on any atom is -0.784 e. The number of nitrogens with one attached hydrogen (secondary N) is 2. The standard InChI is InChI=1S/C26H47N2O4.C24H43N2O4/c1-18(2)14-20(27-22(30)32-23(3,4)5)12-13-24(6,7)17-21(29)19-15-25(8,9)28(31)26(10,11)16-19;1-17(2)14-19(25-21(28)30-22(3,4)5)12-10-11-13-20(27)18-15-23(6,7)26(29)24(8,9)16-18/h12-13,18-20H,14-17H2,1-11H3,(H,27,30);10,12,17-19H,11,13-16H2,1-9H3,(H,25,28)/q2*-1/b13-12+;12-10+/t20-;19-/m11/s1. The maximum Gasteiger partial charge on any atom is 0.408 e.